The first-order valence-electron chi connectivity index (χ1n) is 8.82. The molecule has 0 spiro atoms. The molecule has 0 fully saturated rings. The zero-order chi connectivity index (χ0) is 20.9. The average molecular weight is 480 g/mol. The molecule has 0 aliphatic heterocycles. The topological polar surface area (TPSA) is 97.1 Å². The maximum atomic E-state index is 11.6. The smallest absolute Gasteiger partial charge is 0.258 e. The van der Waals surface area contributed by atoms with Crippen molar-refractivity contribution in [1.82, 2.24) is 15.2 Å². The molecule has 30 heavy (non-hydrogen) atoms. The molecule has 4 aromatic rings. The van der Waals surface area contributed by atoms with Gasteiger partial charge < -0.3 is 0 Å². The van der Waals surface area contributed by atoms with Crippen LogP contribution in [-0.2, 0) is 0 Å². The van der Waals surface area contributed by atoms with E-state index >= 15 is 0 Å². The van der Waals surface area contributed by atoms with Gasteiger partial charge in [0.05, 0.1) is 15.5 Å². The lowest BCUT2D eigenvalue weighted by molar-refractivity contribution is -0.387. The summed E-state index contributed by atoms with van der Waals surface area (Å²) in [5.41, 5.74) is 2.25. The number of aromatic amines is 1. The predicted octanol–water partition coefficient (Wildman–Crippen LogP) is 6.04. The molecule has 1 heterocycles. The van der Waals surface area contributed by atoms with Crippen LogP contribution in [0.15, 0.2) is 92.3 Å². The zero-order valence-electron chi connectivity index (χ0n) is 15.4. The highest BCUT2D eigenvalue weighted by atomic mass is 79.9. The number of H-pyrrole nitrogens is 1. The van der Waals surface area contributed by atoms with E-state index in [1.165, 1.54) is 6.07 Å². The molecule has 0 atom stereocenters. The fourth-order valence-corrected chi connectivity index (χ4v) is 3.85. The lowest BCUT2D eigenvalue weighted by Gasteiger charge is -2.01. The zero-order valence-corrected chi connectivity index (χ0v) is 17.8. The van der Waals surface area contributed by atoms with Gasteiger partial charge in [-0.25, -0.2) is 4.98 Å². The van der Waals surface area contributed by atoms with Crippen LogP contribution in [0.25, 0.3) is 11.4 Å². The van der Waals surface area contributed by atoms with Crippen LogP contribution in [0.2, 0.25) is 0 Å². The number of nitrogens with zero attached hydrogens (tertiary/aromatic N) is 4. The van der Waals surface area contributed by atoms with Crippen molar-refractivity contribution in [1.29, 1.82) is 0 Å². The van der Waals surface area contributed by atoms with Crippen molar-refractivity contribution in [3.8, 4) is 11.4 Å². The first kappa shape index (κ1) is 20.0. The molecule has 1 aromatic heterocycles. The van der Waals surface area contributed by atoms with Gasteiger partial charge in [0.15, 0.2) is 5.82 Å². The predicted molar refractivity (Wildman–Crippen MR) is 120 cm³/mol. The quantitative estimate of drug-likeness (QED) is 0.206. The van der Waals surface area contributed by atoms with E-state index in [-0.39, 0.29) is 5.69 Å². The summed E-state index contributed by atoms with van der Waals surface area (Å²) in [7, 11) is 0. The molecule has 1 N–H and O–H groups in total. The summed E-state index contributed by atoms with van der Waals surface area (Å²) in [6, 6.07) is 22.0. The molecule has 0 amide bonds. The number of nitro groups is 1. The Hall–Kier alpha value is -3.30. The minimum absolute atomic E-state index is 0.0238. The molecule has 7 nitrogen and oxygen atoms in total. The van der Waals surface area contributed by atoms with E-state index in [1.54, 1.807) is 18.3 Å². The average Bonchev–Trinajstić information content (AvgIpc) is 3.22. The number of hydrogen-bond acceptors (Lipinski definition) is 6. The first-order chi connectivity index (χ1) is 14.6. The number of benzene rings is 3. The van der Waals surface area contributed by atoms with Gasteiger partial charge in [-0.05, 0) is 41.6 Å². The largest absolute Gasteiger partial charge is 0.283 e. The molecule has 0 unspecified atom stereocenters. The SMILES string of the molecule is O=[N+]([O-])c1cc(C=Nc2cccc(Br)c2)ccc1Sc1n[nH]c(-c2ccccc2)n1. The van der Waals surface area contributed by atoms with Gasteiger partial charge in [0.1, 0.15) is 0 Å². The van der Waals surface area contributed by atoms with Gasteiger partial charge in [-0.2, -0.15) is 0 Å². The Bertz CT molecular complexity index is 1230. The number of rotatable bonds is 6. The second-order valence-corrected chi connectivity index (χ2v) is 8.08. The number of nitrogens with one attached hydrogen (secondary N) is 1. The molecule has 0 bridgehead atoms. The summed E-state index contributed by atoms with van der Waals surface area (Å²) in [6.07, 6.45) is 1.60. The third kappa shape index (κ3) is 4.81. The second-order valence-electron chi connectivity index (χ2n) is 6.16. The van der Waals surface area contributed by atoms with Gasteiger partial charge in [0.25, 0.3) is 5.69 Å². The van der Waals surface area contributed by atoms with E-state index in [0.29, 0.717) is 21.4 Å². The first-order valence-corrected chi connectivity index (χ1v) is 10.4. The summed E-state index contributed by atoms with van der Waals surface area (Å²) < 4.78 is 0.913. The van der Waals surface area contributed by atoms with Gasteiger partial charge in [0, 0.05) is 22.3 Å². The molecule has 0 aliphatic carbocycles. The van der Waals surface area contributed by atoms with Crippen LogP contribution >= 0.6 is 27.7 Å². The fourth-order valence-electron chi connectivity index (χ4n) is 2.66. The Balaban J connectivity index is 1.57. The van der Waals surface area contributed by atoms with E-state index in [0.717, 1.165) is 27.5 Å². The summed E-state index contributed by atoms with van der Waals surface area (Å²) in [5.74, 6) is 0.610. The summed E-state index contributed by atoms with van der Waals surface area (Å²) >= 11 is 4.53. The van der Waals surface area contributed by atoms with Crippen LogP contribution < -0.4 is 0 Å². The Morgan fingerprint density at radius 3 is 2.67 bits per heavy atom. The molecule has 0 saturated carbocycles. The van der Waals surface area contributed by atoms with Crippen LogP contribution in [0.5, 0.6) is 0 Å². The summed E-state index contributed by atoms with van der Waals surface area (Å²) in [4.78, 5) is 20.4. The van der Waals surface area contributed by atoms with Gasteiger partial charge >= 0.3 is 0 Å². The van der Waals surface area contributed by atoms with Crippen molar-refractivity contribution in [2.24, 2.45) is 4.99 Å². The number of hydrogen-bond donors (Lipinski definition) is 1. The Morgan fingerprint density at radius 1 is 1.07 bits per heavy atom. The van der Waals surface area contributed by atoms with Crippen molar-refractivity contribution in [2.45, 2.75) is 10.1 Å². The third-order valence-electron chi connectivity index (χ3n) is 4.06. The minimum atomic E-state index is -0.413. The lowest BCUT2D eigenvalue weighted by atomic mass is 10.2. The number of aliphatic imine (C=N–C) groups is 1. The number of aromatic nitrogens is 3. The molecule has 4 rings (SSSR count). The molecular formula is C21H14BrN5O2S. The van der Waals surface area contributed by atoms with Crippen molar-refractivity contribution in [3.63, 3.8) is 0 Å². The Morgan fingerprint density at radius 2 is 1.90 bits per heavy atom. The van der Waals surface area contributed by atoms with Gasteiger partial charge in [-0.15, -0.1) is 5.10 Å². The summed E-state index contributed by atoms with van der Waals surface area (Å²) in [6.45, 7) is 0. The van der Waals surface area contributed by atoms with Crippen LogP contribution in [-0.4, -0.2) is 26.3 Å². The summed E-state index contributed by atoms with van der Waals surface area (Å²) in [5, 5.41) is 19.0. The molecular weight excluding hydrogens is 466 g/mol. The maximum absolute atomic E-state index is 11.6. The van der Waals surface area contributed by atoms with E-state index < -0.39 is 4.92 Å². The van der Waals surface area contributed by atoms with Crippen molar-refractivity contribution >= 4 is 45.3 Å². The highest BCUT2D eigenvalue weighted by molar-refractivity contribution is 9.10. The van der Waals surface area contributed by atoms with Crippen molar-refractivity contribution < 1.29 is 4.92 Å². The Labute approximate surface area is 184 Å². The van der Waals surface area contributed by atoms with Crippen LogP contribution in [0.3, 0.4) is 0 Å². The van der Waals surface area contributed by atoms with Crippen molar-refractivity contribution in [2.75, 3.05) is 0 Å². The van der Waals surface area contributed by atoms with Crippen LogP contribution in [0.4, 0.5) is 11.4 Å². The van der Waals surface area contributed by atoms with E-state index in [1.807, 2.05) is 54.6 Å². The molecule has 3 aromatic carbocycles. The second kappa shape index (κ2) is 9.02. The number of halogens is 1. The highest BCUT2D eigenvalue weighted by Gasteiger charge is 2.18. The molecule has 0 aliphatic rings. The van der Waals surface area contributed by atoms with Crippen LogP contribution in [0, 0.1) is 10.1 Å². The van der Waals surface area contributed by atoms with Crippen LogP contribution in [0.1, 0.15) is 5.56 Å². The van der Waals surface area contributed by atoms with Gasteiger partial charge in [-0.3, -0.25) is 20.2 Å². The van der Waals surface area contributed by atoms with E-state index in [4.69, 9.17) is 0 Å². The fraction of sp³-hybridized carbons (Fsp3) is 0. The Kier molecular flexibility index (Phi) is 6.01. The molecule has 0 saturated heterocycles. The van der Waals surface area contributed by atoms with E-state index in [2.05, 4.69) is 36.1 Å². The monoisotopic (exact) mass is 479 g/mol. The molecule has 9 heteroatoms. The van der Waals surface area contributed by atoms with Gasteiger partial charge in [-0.1, -0.05) is 58.4 Å². The maximum Gasteiger partial charge on any atom is 0.283 e. The minimum Gasteiger partial charge on any atom is -0.258 e. The molecule has 0 radical (unpaired) electrons. The normalized spacial score (nSPS) is 11.1. The van der Waals surface area contributed by atoms with Gasteiger partial charge in [0.2, 0.25) is 5.16 Å². The highest BCUT2D eigenvalue weighted by Crippen LogP contribution is 2.34. The van der Waals surface area contributed by atoms with E-state index in [9.17, 15) is 10.1 Å². The number of nitro benzene ring substituents is 1. The third-order valence-corrected chi connectivity index (χ3v) is 5.49. The standard InChI is InChI=1S/C21H14BrN5O2S/c22-16-7-4-8-17(12-16)23-13-14-9-10-19(18(11-14)27(28)29)30-21-24-20(25-26-21)15-5-2-1-3-6-15/h1-13H,(H,24,25,26). The van der Waals surface area contributed by atoms with Crippen molar-refractivity contribution in [3.05, 3.63) is 92.9 Å². The molecule has 148 valence electrons. The lowest BCUT2D eigenvalue weighted by Crippen LogP contribution is -1.93.